The normalized spacial score (nSPS) is 28.0. The second kappa shape index (κ2) is 5.94. The molecular formula is C15H22ClNOS. The Morgan fingerprint density at radius 3 is 2.79 bits per heavy atom. The Morgan fingerprint density at radius 2 is 2.16 bits per heavy atom. The van der Waals surface area contributed by atoms with Crippen LogP contribution in [0.15, 0.2) is 29.2 Å². The minimum Gasteiger partial charge on any atom is -0.316 e. The van der Waals surface area contributed by atoms with Crippen molar-refractivity contribution < 1.29 is 4.21 Å². The highest BCUT2D eigenvalue weighted by Gasteiger charge is 2.37. The van der Waals surface area contributed by atoms with Gasteiger partial charge in [-0.3, -0.25) is 4.21 Å². The van der Waals surface area contributed by atoms with Gasteiger partial charge in [-0.25, -0.2) is 0 Å². The maximum absolute atomic E-state index is 12.8. The van der Waals surface area contributed by atoms with E-state index in [-0.39, 0.29) is 10.7 Å². The number of nitrogens with one attached hydrogen (secondary N) is 1. The van der Waals surface area contributed by atoms with E-state index < -0.39 is 10.8 Å². The first-order valence-corrected chi connectivity index (χ1v) is 8.35. The SMILES string of the molecule is CNC1CCC(C)(C)CC1S(=O)c1cccc(Cl)c1. The van der Waals surface area contributed by atoms with Crippen LogP contribution in [-0.4, -0.2) is 22.5 Å². The molecule has 0 heterocycles. The number of rotatable bonds is 3. The Hall–Kier alpha value is -0.380. The van der Waals surface area contributed by atoms with Crippen molar-refractivity contribution in [3.05, 3.63) is 29.3 Å². The van der Waals surface area contributed by atoms with Gasteiger partial charge in [-0.2, -0.15) is 0 Å². The molecule has 0 bridgehead atoms. The summed E-state index contributed by atoms with van der Waals surface area (Å²) in [7, 11) is 0.960. The molecule has 1 saturated carbocycles. The monoisotopic (exact) mass is 299 g/mol. The fourth-order valence-corrected chi connectivity index (χ4v) is 5.08. The lowest BCUT2D eigenvalue weighted by Gasteiger charge is -2.40. The van der Waals surface area contributed by atoms with Gasteiger partial charge in [0.25, 0.3) is 0 Å². The summed E-state index contributed by atoms with van der Waals surface area (Å²) >= 11 is 6.00. The molecule has 2 rings (SSSR count). The highest BCUT2D eigenvalue weighted by molar-refractivity contribution is 7.85. The number of hydrogen-bond acceptors (Lipinski definition) is 2. The number of benzene rings is 1. The summed E-state index contributed by atoms with van der Waals surface area (Å²) in [6.45, 7) is 4.53. The van der Waals surface area contributed by atoms with Crippen LogP contribution in [0.1, 0.15) is 33.1 Å². The molecule has 3 atom stereocenters. The highest BCUT2D eigenvalue weighted by atomic mass is 35.5. The lowest BCUT2D eigenvalue weighted by atomic mass is 9.75. The molecule has 0 aliphatic heterocycles. The Morgan fingerprint density at radius 1 is 1.42 bits per heavy atom. The van der Waals surface area contributed by atoms with Gasteiger partial charge in [0.1, 0.15) is 0 Å². The largest absolute Gasteiger partial charge is 0.316 e. The Balaban J connectivity index is 2.24. The first-order valence-electron chi connectivity index (χ1n) is 6.76. The molecule has 0 spiro atoms. The predicted molar refractivity (Wildman–Crippen MR) is 82.1 cm³/mol. The van der Waals surface area contributed by atoms with Crippen LogP contribution in [0.4, 0.5) is 0 Å². The summed E-state index contributed by atoms with van der Waals surface area (Å²) in [5.74, 6) is 0. The molecule has 1 aromatic carbocycles. The van der Waals surface area contributed by atoms with Gasteiger partial charge in [0.05, 0.1) is 16.0 Å². The third-order valence-corrected chi connectivity index (χ3v) is 6.01. The van der Waals surface area contributed by atoms with Crippen LogP contribution in [0, 0.1) is 5.41 Å². The average Bonchev–Trinajstić information content (AvgIpc) is 2.37. The molecule has 0 saturated heterocycles. The Kier molecular flexibility index (Phi) is 4.70. The van der Waals surface area contributed by atoms with Crippen molar-refractivity contribution in [3.8, 4) is 0 Å². The van der Waals surface area contributed by atoms with E-state index in [2.05, 4.69) is 19.2 Å². The van der Waals surface area contributed by atoms with Crippen LogP contribution in [0.5, 0.6) is 0 Å². The van der Waals surface area contributed by atoms with Crippen molar-refractivity contribution in [2.45, 2.75) is 49.3 Å². The van der Waals surface area contributed by atoms with E-state index in [4.69, 9.17) is 11.6 Å². The quantitative estimate of drug-likeness (QED) is 0.924. The van der Waals surface area contributed by atoms with Crippen molar-refractivity contribution >= 4 is 22.4 Å². The maximum atomic E-state index is 12.8. The zero-order valence-corrected chi connectivity index (χ0v) is 13.4. The smallest absolute Gasteiger partial charge is 0.0577 e. The molecule has 1 aromatic rings. The first-order chi connectivity index (χ1) is 8.93. The van der Waals surface area contributed by atoms with Gasteiger partial charge < -0.3 is 5.32 Å². The predicted octanol–water partition coefficient (Wildman–Crippen LogP) is 3.61. The molecule has 0 amide bonds. The Bertz CT molecular complexity index is 475. The van der Waals surface area contributed by atoms with E-state index in [1.807, 2.05) is 31.3 Å². The second-order valence-corrected chi connectivity index (χ2v) is 8.20. The summed E-state index contributed by atoms with van der Waals surface area (Å²) in [6, 6.07) is 7.76. The molecule has 3 unspecified atom stereocenters. The van der Waals surface area contributed by atoms with E-state index in [0.717, 1.165) is 17.7 Å². The molecule has 0 aromatic heterocycles. The fraction of sp³-hybridized carbons (Fsp3) is 0.600. The molecule has 19 heavy (non-hydrogen) atoms. The van der Waals surface area contributed by atoms with Crippen LogP contribution in [-0.2, 0) is 10.8 Å². The Labute approximate surface area is 123 Å². The van der Waals surface area contributed by atoms with Crippen LogP contribution < -0.4 is 5.32 Å². The van der Waals surface area contributed by atoms with Crippen LogP contribution >= 0.6 is 11.6 Å². The van der Waals surface area contributed by atoms with E-state index in [9.17, 15) is 4.21 Å². The molecule has 1 N–H and O–H groups in total. The van der Waals surface area contributed by atoms with Crippen molar-refractivity contribution in [1.82, 2.24) is 5.32 Å². The lowest BCUT2D eigenvalue weighted by Crippen LogP contribution is -2.47. The fourth-order valence-electron chi connectivity index (χ4n) is 2.84. The number of halogens is 1. The maximum Gasteiger partial charge on any atom is 0.0577 e. The van der Waals surface area contributed by atoms with E-state index in [1.165, 1.54) is 6.42 Å². The van der Waals surface area contributed by atoms with Gasteiger partial charge >= 0.3 is 0 Å². The second-order valence-electron chi connectivity index (χ2n) is 6.10. The van der Waals surface area contributed by atoms with Gasteiger partial charge in [-0.1, -0.05) is 31.5 Å². The first kappa shape index (κ1) is 15.0. The minimum atomic E-state index is -1.00. The van der Waals surface area contributed by atoms with Crippen LogP contribution in [0.2, 0.25) is 5.02 Å². The highest BCUT2D eigenvalue weighted by Crippen LogP contribution is 2.38. The van der Waals surface area contributed by atoms with Gasteiger partial charge in [0, 0.05) is 16.0 Å². The van der Waals surface area contributed by atoms with Gasteiger partial charge in [-0.15, -0.1) is 0 Å². The average molecular weight is 300 g/mol. The van der Waals surface area contributed by atoms with Crippen LogP contribution in [0.25, 0.3) is 0 Å². The molecule has 4 heteroatoms. The standard InChI is InChI=1S/C15H22ClNOS/c1-15(2)8-7-13(17-3)14(10-15)19(18)12-6-4-5-11(16)9-12/h4-6,9,13-14,17H,7-8,10H2,1-3H3. The lowest BCUT2D eigenvalue weighted by molar-refractivity contribution is 0.216. The molecule has 2 nitrogen and oxygen atoms in total. The van der Waals surface area contributed by atoms with Gasteiger partial charge in [0.15, 0.2) is 0 Å². The van der Waals surface area contributed by atoms with Crippen molar-refractivity contribution in [2.75, 3.05) is 7.05 Å². The third kappa shape index (κ3) is 3.59. The number of hydrogen-bond donors (Lipinski definition) is 1. The molecule has 1 fully saturated rings. The molecular weight excluding hydrogens is 278 g/mol. The summed E-state index contributed by atoms with van der Waals surface area (Å²) < 4.78 is 12.8. The topological polar surface area (TPSA) is 29.1 Å². The summed E-state index contributed by atoms with van der Waals surface area (Å²) in [5.41, 5.74) is 0.270. The van der Waals surface area contributed by atoms with Gasteiger partial charge in [-0.05, 0) is 49.9 Å². The van der Waals surface area contributed by atoms with Gasteiger partial charge in [0.2, 0.25) is 0 Å². The minimum absolute atomic E-state index is 0.159. The van der Waals surface area contributed by atoms with Crippen molar-refractivity contribution in [2.24, 2.45) is 5.41 Å². The van der Waals surface area contributed by atoms with E-state index in [0.29, 0.717) is 11.1 Å². The van der Waals surface area contributed by atoms with Crippen LogP contribution in [0.3, 0.4) is 0 Å². The van der Waals surface area contributed by atoms with E-state index in [1.54, 1.807) is 0 Å². The third-order valence-electron chi connectivity index (χ3n) is 4.01. The zero-order valence-electron chi connectivity index (χ0n) is 11.8. The molecule has 106 valence electrons. The van der Waals surface area contributed by atoms with E-state index >= 15 is 0 Å². The summed E-state index contributed by atoms with van der Waals surface area (Å²) in [4.78, 5) is 0.843. The molecule has 0 radical (unpaired) electrons. The molecule has 1 aliphatic rings. The summed E-state index contributed by atoms with van der Waals surface area (Å²) in [5, 5.41) is 4.15. The zero-order chi connectivity index (χ0) is 14.0. The molecule has 1 aliphatic carbocycles. The van der Waals surface area contributed by atoms with Crippen molar-refractivity contribution in [1.29, 1.82) is 0 Å². The van der Waals surface area contributed by atoms with Crippen molar-refractivity contribution in [3.63, 3.8) is 0 Å². The summed E-state index contributed by atoms with van der Waals surface area (Å²) in [6.07, 6.45) is 3.25.